The Morgan fingerprint density at radius 2 is 1.69 bits per heavy atom. The van der Waals surface area contributed by atoms with Crippen LogP contribution in [0.1, 0.15) is 23.6 Å². The maximum Gasteiger partial charge on any atom is 0.416 e. The summed E-state index contributed by atoms with van der Waals surface area (Å²) in [6.07, 6.45) is -1.70. The van der Waals surface area contributed by atoms with Crippen molar-refractivity contribution in [2.75, 3.05) is 19.0 Å². The van der Waals surface area contributed by atoms with Crippen molar-refractivity contribution in [3.05, 3.63) is 95.1 Å². The monoisotopic (exact) mass is 502 g/mol. The minimum atomic E-state index is -4.39. The summed E-state index contributed by atoms with van der Waals surface area (Å²) >= 11 is 1.58. The SMILES string of the molecule is CCc1cc(SCC(=Cc2ccccc2)COc2ccc(C(F)(F)F)cc2)ccc1OCC(=O)O. The summed E-state index contributed by atoms with van der Waals surface area (Å²) < 4.78 is 49.6. The van der Waals surface area contributed by atoms with E-state index in [0.29, 0.717) is 23.7 Å². The van der Waals surface area contributed by atoms with Gasteiger partial charge in [0.2, 0.25) is 0 Å². The number of alkyl halides is 3. The first kappa shape index (κ1) is 26.2. The van der Waals surface area contributed by atoms with Crippen LogP contribution in [0, 0.1) is 0 Å². The van der Waals surface area contributed by atoms with Gasteiger partial charge in [-0.15, -0.1) is 11.8 Å². The van der Waals surface area contributed by atoms with Crippen LogP contribution in [0.3, 0.4) is 0 Å². The van der Waals surface area contributed by atoms with E-state index in [1.54, 1.807) is 17.8 Å². The Hall–Kier alpha value is -3.39. The molecule has 0 aliphatic carbocycles. The molecule has 8 heteroatoms. The summed E-state index contributed by atoms with van der Waals surface area (Å²) in [7, 11) is 0. The van der Waals surface area contributed by atoms with Crippen molar-refractivity contribution in [3.8, 4) is 11.5 Å². The number of thioether (sulfide) groups is 1. The molecule has 0 saturated heterocycles. The van der Waals surface area contributed by atoms with Gasteiger partial charge >= 0.3 is 12.1 Å². The van der Waals surface area contributed by atoms with Crippen LogP contribution in [0.4, 0.5) is 13.2 Å². The van der Waals surface area contributed by atoms with Gasteiger partial charge in [-0.05, 0) is 65.6 Å². The zero-order valence-electron chi connectivity index (χ0n) is 19.0. The second kappa shape index (κ2) is 12.4. The van der Waals surface area contributed by atoms with Crippen LogP contribution in [-0.4, -0.2) is 30.0 Å². The van der Waals surface area contributed by atoms with Gasteiger partial charge in [0.1, 0.15) is 18.1 Å². The van der Waals surface area contributed by atoms with Gasteiger partial charge in [-0.1, -0.05) is 43.3 Å². The van der Waals surface area contributed by atoms with Crippen LogP contribution in [0.2, 0.25) is 0 Å². The number of aryl methyl sites for hydroxylation is 1. The zero-order chi connectivity index (χ0) is 25.3. The van der Waals surface area contributed by atoms with Crippen LogP contribution in [0.15, 0.2) is 83.3 Å². The molecule has 3 aromatic carbocycles. The normalized spacial score (nSPS) is 11.8. The van der Waals surface area contributed by atoms with Crippen LogP contribution in [0.25, 0.3) is 6.08 Å². The molecule has 0 bridgehead atoms. The molecule has 4 nitrogen and oxygen atoms in total. The predicted octanol–water partition coefficient (Wildman–Crippen LogP) is 6.99. The predicted molar refractivity (Wildman–Crippen MR) is 131 cm³/mol. The van der Waals surface area contributed by atoms with E-state index in [1.165, 1.54) is 12.1 Å². The van der Waals surface area contributed by atoms with Gasteiger partial charge in [0.25, 0.3) is 0 Å². The van der Waals surface area contributed by atoms with Gasteiger partial charge in [-0.25, -0.2) is 4.79 Å². The van der Waals surface area contributed by atoms with Crippen LogP contribution in [-0.2, 0) is 17.4 Å². The van der Waals surface area contributed by atoms with E-state index in [-0.39, 0.29) is 6.61 Å². The highest BCUT2D eigenvalue weighted by molar-refractivity contribution is 7.99. The lowest BCUT2D eigenvalue weighted by Gasteiger charge is -2.13. The smallest absolute Gasteiger partial charge is 0.416 e. The van der Waals surface area contributed by atoms with Crippen molar-refractivity contribution in [1.29, 1.82) is 0 Å². The number of hydrogen-bond donors (Lipinski definition) is 1. The number of carboxylic acids is 1. The maximum absolute atomic E-state index is 12.8. The lowest BCUT2D eigenvalue weighted by Crippen LogP contribution is -2.10. The van der Waals surface area contributed by atoms with Crippen molar-refractivity contribution in [1.82, 2.24) is 0 Å². The second-order valence-corrected chi connectivity index (χ2v) is 8.67. The Bertz CT molecular complexity index is 1140. The number of aliphatic carboxylic acids is 1. The van der Waals surface area contributed by atoms with Crippen molar-refractivity contribution >= 4 is 23.8 Å². The highest BCUT2D eigenvalue weighted by atomic mass is 32.2. The Kier molecular flexibility index (Phi) is 9.25. The average Bonchev–Trinajstić information content (AvgIpc) is 2.84. The first-order chi connectivity index (χ1) is 16.7. The number of rotatable bonds is 11. The molecule has 0 aliphatic heterocycles. The number of halogens is 3. The lowest BCUT2D eigenvalue weighted by atomic mass is 10.1. The number of benzene rings is 3. The fraction of sp³-hybridized carbons (Fsp3) is 0.222. The van der Waals surface area contributed by atoms with E-state index in [0.717, 1.165) is 33.7 Å². The van der Waals surface area contributed by atoms with Crippen molar-refractivity contribution in [2.45, 2.75) is 24.4 Å². The molecule has 0 atom stereocenters. The molecule has 184 valence electrons. The first-order valence-corrected chi connectivity index (χ1v) is 11.9. The molecule has 3 rings (SSSR count). The third-order valence-electron chi connectivity index (χ3n) is 4.96. The standard InChI is InChI=1S/C27H25F3O4S/c1-2-21-15-24(12-13-25(21)34-17-26(31)32)35-18-20(14-19-6-4-3-5-7-19)16-33-23-10-8-22(9-11-23)27(28,29)30/h3-15H,2,16-18H2,1H3,(H,31,32). The minimum absolute atomic E-state index is 0.216. The lowest BCUT2D eigenvalue weighted by molar-refractivity contribution is -0.139. The molecule has 35 heavy (non-hydrogen) atoms. The molecule has 0 spiro atoms. The van der Waals surface area contributed by atoms with Gasteiger partial charge in [-0.2, -0.15) is 13.2 Å². The molecular weight excluding hydrogens is 477 g/mol. The molecule has 1 N–H and O–H groups in total. The second-order valence-electron chi connectivity index (χ2n) is 7.62. The largest absolute Gasteiger partial charge is 0.489 e. The van der Waals surface area contributed by atoms with Crippen LogP contribution in [0.5, 0.6) is 11.5 Å². The van der Waals surface area contributed by atoms with E-state index < -0.39 is 24.3 Å². The van der Waals surface area contributed by atoms with Crippen molar-refractivity contribution < 1.29 is 32.5 Å². The van der Waals surface area contributed by atoms with Gasteiger partial charge in [0, 0.05) is 10.6 Å². The number of carbonyl (C=O) groups is 1. The Morgan fingerprint density at radius 1 is 0.971 bits per heavy atom. The fourth-order valence-corrected chi connectivity index (χ4v) is 4.11. The van der Waals surface area contributed by atoms with Gasteiger partial charge < -0.3 is 14.6 Å². The molecule has 0 heterocycles. The fourth-order valence-electron chi connectivity index (χ4n) is 3.20. The number of carboxylic acid groups (broad SMARTS) is 1. The molecule has 0 fully saturated rings. The molecule has 0 unspecified atom stereocenters. The molecule has 0 amide bonds. The molecule has 0 saturated carbocycles. The zero-order valence-corrected chi connectivity index (χ0v) is 19.9. The van der Waals surface area contributed by atoms with Crippen LogP contribution >= 0.6 is 11.8 Å². The highest BCUT2D eigenvalue weighted by Gasteiger charge is 2.30. The molecule has 0 aliphatic rings. The van der Waals surface area contributed by atoms with E-state index in [9.17, 15) is 18.0 Å². The Labute approximate surface area is 206 Å². The maximum atomic E-state index is 12.8. The summed E-state index contributed by atoms with van der Waals surface area (Å²) in [5.41, 5.74) is 2.13. The van der Waals surface area contributed by atoms with Gasteiger partial charge in [-0.3, -0.25) is 0 Å². The van der Waals surface area contributed by atoms with E-state index in [1.807, 2.05) is 55.5 Å². The molecule has 3 aromatic rings. The molecular formula is C27H25F3O4S. The summed E-state index contributed by atoms with van der Waals surface area (Å²) in [6.45, 7) is 1.79. The quantitative estimate of drug-likeness (QED) is 0.287. The third kappa shape index (κ3) is 8.40. The number of hydrogen-bond acceptors (Lipinski definition) is 4. The van der Waals surface area contributed by atoms with Crippen LogP contribution < -0.4 is 9.47 Å². The first-order valence-electron chi connectivity index (χ1n) is 10.9. The summed E-state index contributed by atoms with van der Waals surface area (Å²) in [5.74, 6) is 0.461. The van der Waals surface area contributed by atoms with E-state index >= 15 is 0 Å². The van der Waals surface area contributed by atoms with E-state index in [2.05, 4.69) is 0 Å². The Morgan fingerprint density at radius 3 is 2.31 bits per heavy atom. The average molecular weight is 503 g/mol. The van der Waals surface area contributed by atoms with Gasteiger partial charge in [0.05, 0.1) is 5.56 Å². The molecule has 0 radical (unpaired) electrons. The van der Waals surface area contributed by atoms with E-state index in [4.69, 9.17) is 14.6 Å². The molecule has 0 aromatic heterocycles. The summed E-state index contributed by atoms with van der Waals surface area (Å²) in [4.78, 5) is 11.8. The van der Waals surface area contributed by atoms with Gasteiger partial charge in [0.15, 0.2) is 6.61 Å². The summed E-state index contributed by atoms with van der Waals surface area (Å²) in [5, 5.41) is 8.84. The third-order valence-corrected chi connectivity index (χ3v) is 6.07. The van der Waals surface area contributed by atoms with Crippen molar-refractivity contribution in [2.24, 2.45) is 0 Å². The number of ether oxygens (including phenoxy) is 2. The highest BCUT2D eigenvalue weighted by Crippen LogP contribution is 2.31. The topological polar surface area (TPSA) is 55.8 Å². The summed E-state index contributed by atoms with van der Waals surface area (Å²) in [6, 6.07) is 20.0. The Balaban J connectivity index is 1.71. The van der Waals surface area contributed by atoms with Crippen molar-refractivity contribution in [3.63, 3.8) is 0 Å². The minimum Gasteiger partial charge on any atom is -0.489 e.